The first-order chi connectivity index (χ1) is 12.3. The van der Waals surface area contributed by atoms with Gasteiger partial charge in [0, 0.05) is 30.5 Å². The smallest absolute Gasteiger partial charge is 0.208 e. The fraction of sp³-hybridized carbons (Fsp3) is 0.200. The first-order valence-electron chi connectivity index (χ1n) is 8.71. The first kappa shape index (κ1) is 14.3. The van der Waals surface area contributed by atoms with Crippen molar-refractivity contribution >= 4 is 22.7 Å². The third-order valence-electron chi connectivity index (χ3n) is 4.87. The van der Waals surface area contributed by atoms with Crippen LogP contribution in [0, 0.1) is 0 Å². The van der Waals surface area contributed by atoms with Gasteiger partial charge in [0.1, 0.15) is 0 Å². The van der Waals surface area contributed by atoms with Gasteiger partial charge in [-0.1, -0.05) is 18.2 Å². The number of anilines is 2. The largest absolute Gasteiger partial charge is 0.324 e. The summed E-state index contributed by atoms with van der Waals surface area (Å²) in [7, 11) is 0. The highest BCUT2D eigenvalue weighted by Gasteiger charge is 2.23. The molecule has 0 fully saturated rings. The van der Waals surface area contributed by atoms with E-state index >= 15 is 0 Å². The van der Waals surface area contributed by atoms with Crippen molar-refractivity contribution in [1.29, 1.82) is 0 Å². The van der Waals surface area contributed by atoms with Crippen molar-refractivity contribution in [3.8, 4) is 11.3 Å². The van der Waals surface area contributed by atoms with Crippen molar-refractivity contribution in [2.24, 2.45) is 0 Å². The van der Waals surface area contributed by atoms with Crippen molar-refractivity contribution in [1.82, 2.24) is 19.7 Å². The van der Waals surface area contributed by atoms with E-state index in [0.717, 1.165) is 42.2 Å². The predicted molar refractivity (Wildman–Crippen MR) is 100 cm³/mol. The van der Waals surface area contributed by atoms with Crippen LogP contribution in [-0.2, 0) is 13.0 Å². The summed E-state index contributed by atoms with van der Waals surface area (Å²) in [6, 6.07) is 16.8. The molecule has 2 aromatic heterocycles. The number of aryl methyl sites for hydroxylation is 1. The highest BCUT2D eigenvalue weighted by atomic mass is 15.3. The van der Waals surface area contributed by atoms with Crippen molar-refractivity contribution < 1.29 is 0 Å². The molecule has 0 radical (unpaired) electrons. The number of imidazole rings is 1. The maximum Gasteiger partial charge on any atom is 0.208 e. The van der Waals surface area contributed by atoms with E-state index in [0.29, 0.717) is 0 Å². The Labute approximate surface area is 145 Å². The Morgan fingerprint density at radius 1 is 1.12 bits per heavy atom. The van der Waals surface area contributed by atoms with Gasteiger partial charge in [0.25, 0.3) is 0 Å². The lowest BCUT2D eigenvalue weighted by atomic mass is 10.1. The van der Waals surface area contributed by atoms with Gasteiger partial charge >= 0.3 is 0 Å². The van der Waals surface area contributed by atoms with E-state index in [1.54, 1.807) is 0 Å². The van der Waals surface area contributed by atoms with Crippen LogP contribution in [0.3, 0.4) is 0 Å². The summed E-state index contributed by atoms with van der Waals surface area (Å²) in [5.74, 6) is 0.919. The monoisotopic (exact) mass is 329 g/mol. The van der Waals surface area contributed by atoms with Crippen molar-refractivity contribution in [3.05, 3.63) is 60.3 Å². The Hall–Kier alpha value is -3.08. The molecule has 0 spiro atoms. The second-order valence-corrected chi connectivity index (χ2v) is 6.38. The molecule has 5 heteroatoms. The summed E-state index contributed by atoms with van der Waals surface area (Å²) in [5.41, 5.74) is 6.88. The molecule has 1 aliphatic heterocycles. The van der Waals surface area contributed by atoms with Gasteiger partial charge in [-0.3, -0.25) is 4.68 Å². The zero-order chi connectivity index (χ0) is 16.8. The molecule has 4 aromatic rings. The van der Waals surface area contributed by atoms with Crippen LogP contribution in [0.5, 0.6) is 0 Å². The Bertz CT molecular complexity index is 1030. The van der Waals surface area contributed by atoms with E-state index in [9.17, 15) is 0 Å². The summed E-state index contributed by atoms with van der Waals surface area (Å²) >= 11 is 0. The lowest BCUT2D eigenvalue weighted by Gasteiger charge is -2.16. The number of aromatic nitrogens is 4. The van der Waals surface area contributed by atoms with Crippen LogP contribution in [-0.4, -0.2) is 26.3 Å². The summed E-state index contributed by atoms with van der Waals surface area (Å²) in [6.07, 6.45) is 3.05. The second kappa shape index (κ2) is 5.48. The Morgan fingerprint density at radius 3 is 2.88 bits per heavy atom. The number of para-hydroxylation sites is 2. The SMILES string of the molecule is CCn1ccc(-c2ccc3c(c2)CCN3c2nc3ccccc3[nH]2)n1. The van der Waals surface area contributed by atoms with Gasteiger partial charge in [-0.05, 0) is 49.2 Å². The normalized spacial score (nSPS) is 13.6. The van der Waals surface area contributed by atoms with Gasteiger partial charge < -0.3 is 9.88 Å². The molecule has 0 unspecified atom stereocenters. The zero-order valence-corrected chi connectivity index (χ0v) is 14.1. The summed E-state index contributed by atoms with van der Waals surface area (Å²) in [6.45, 7) is 3.94. The van der Waals surface area contributed by atoms with E-state index in [4.69, 9.17) is 4.98 Å². The number of hydrogen-bond donors (Lipinski definition) is 1. The summed E-state index contributed by atoms with van der Waals surface area (Å²) in [4.78, 5) is 10.4. The van der Waals surface area contributed by atoms with E-state index in [1.807, 2.05) is 29.1 Å². The maximum absolute atomic E-state index is 4.74. The average Bonchev–Trinajstić information content (AvgIpc) is 3.37. The van der Waals surface area contributed by atoms with Gasteiger partial charge in [0.2, 0.25) is 5.95 Å². The van der Waals surface area contributed by atoms with Gasteiger partial charge in [0.05, 0.1) is 16.7 Å². The van der Waals surface area contributed by atoms with Crippen LogP contribution in [0.15, 0.2) is 54.7 Å². The maximum atomic E-state index is 4.74. The van der Waals surface area contributed by atoms with E-state index in [2.05, 4.69) is 52.2 Å². The van der Waals surface area contributed by atoms with Gasteiger partial charge in [-0.15, -0.1) is 0 Å². The quantitative estimate of drug-likeness (QED) is 0.614. The predicted octanol–water partition coefficient (Wildman–Crippen LogP) is 4.14. The third-order valence-corrected chi connectivity index (χ3v) is 4.87. The lowest BCUT2D eigenvalue weighted by Crippen LogP contribution is -2.14. The first-order valence-corrected chi connectivity index (χ1v) is 8.71. The molecule has 25 heavy (non-hydrogen) atoms. The molecule has 5 rings (SSSR count). The minimum atomic E-state index is 0.894. The number of aromatic amines is 1. The Kier molecular flexibility index (Phi) is 3.13. The molecule has 1 aliphatic rings. The minimum Gasteiger partial charge on any atom is -0.324 e. The Balaban J connectivity index is 1.51. The molecule has 0 saturated heterocycles. The highest BCUT2D eigenvalue weighted by molar-refractivity contribution is 5.80. The molecule has 0 amide bonds. The van der Waals surface area contributed by atoms with E-state index in [-0.39, 0.29) is 0 Å². The van der Waals surface area contributed by atoms with Crippen LogP contribution >= 0.6 is 0 Å². The number of nitrogens with zero attached hydrogens (tertiary/aromatic N) is 4. The van der Waals surface area contributed by atoms with Crippen molar-refractivity contribution in [3.63, 3.8) is 0 Å². The third kappa shape index (κ3) is 2.31. The average molecular weight is 329 g/mol. The van der Waals surface area contributed by atoms with Crippen molar-refractivity contribution in [2.45, 2.75) is 19.9 Å². The molecule has 3 heterocycles. The number of nitrogens with one attached hydrogen (secondary N) is 1. The van der Waals surface area contributed by atoms with Crippen LogP contribution in [0.25, 0.3) is 22.3 Å². The Morgan fingerprint density at radius 2 is 2.04 bits per heavy atom. The molecule has 5 nitrogen and oxygen atoms in total. The number of H-pyrrole nitrogens is 1. The molecular formula is C20H19N5. The van der Waals surface area contributed by atoms with Crippen LogP contribution in [0.4, 0.5) is 11.6 Å². The standard InChI is InChI=1S/C20H19N5/c1-2-24-11-10-16(23-24)14-7-8-19-15(13-14)9-12-25(19)20-21-17-5-3-4-6-18(17)22-20/h3-8,10-11,13H,2,9,12H2,1H3,(H,21,22). The number of hydrogen-bond acceptors (Lipinski definition) is 3. The van der Waals surface area contributed by atoms with Crippen LogP contribution in [0.1, 0.15) is 12.5 Å². The number of fused-ring (bicyclic) bond motifs is 2. The molecule has 0 saturated carbocycles. The lowest BCUT2D eigenvalue weighted by molar-refractivity contribution is 0.662. The topological polar surface area (TPSA) is 49.7 Å². The minimum absolute atomic E-state index is 0.894. The van der Waals surface area contributed by atoms with Gasteiger partial charge in [-0.25, -0.2) is 4.98 Å². The fourth-order valence-electron chi connectivity index (χ4n) is 3.54. The van der Waals surface area contributed by atoms with Gasteiger partial charge in [-0.2, -0.15) is 5.10 Å². The zero-order valence-electron chi connectivity index (χ0n) is 14.1. The second-order valence-electron chi connectivity index (χ2n) is 6.38. The summed E-state index contributed by atoms with van der Waals surface area (Å²) in [5, 5.41) is 4.62. The molecule has 0 bridgehead atoms. The van der Waals surface area contributed by atoms with E-state index < -0.39 is 0 Å². The van der Waals surface area contributed by atoms with E-state index in [1.165, 1.54) is 16.8 Å². The molecule has 0 aliphatic carbocycles. The van der Waals surface area contributed by atoms with Crippen LogP contribution < -0.4 is 4.90 Å². The molecule has 0 atom stereocenters. The fourth-order valence-corrected chi connectivity index (χ4v) is 3.54. The molecule has 2 aromatic carbocycles. The van der Waals surface area contributed by atoms with Crippen molar-refractivity contribution in [2.75, 3.05) is 11.4 Å². The molecular weight excluding hydrogens is 310 g/mol. The number of benzene rings is 2. The van der Waals surface area contributed by atoms with Gasteiger partial charge in [0.15, 0.2) is 0 Å². The molecule has 1 N–H and O–H groups in total. The summed E-state index contributed by atoms with van der Waals surface area (Å²) < 4.78 is 1.96. The molecule has 124 valence electrons. The highest BCUT2D eigenvalue weighted by Crippen LogP contribution is 2.36. The van der Waals surface area contributed by atoms with Crippen LogP contribution in [0.2, 0.25) is 0 Å². The number of rotatable bonds is 3.